The molecule has 1 amide bonds. The minimum absolute atomic E-state index is 0.00674. The Labute approximate surface area is 188 Å². The first-order valence-corrected chi connectivity index (χ1v) is 10.6. The van der Waals surface area contributed by atoms with Gasteiger partial charge in [0.05, 0.1) is 30.1 Å². The number of fused-ring (bicyclic) bond motifs is 1. The SMILES string of the molecule is O=C(NC1C=CC=C(N2CCOCC2)N1)c1cnc2ccc(-c3cccc(Cl)c3F)nn12. The summed E-state index contributed by atoms with van der Waals surface area (Å²) in [6, 6.07) is 8.03. The third-order valence-electron chi connectivity index (χ3n) is 5.32. The highest BCUT2D eigenvalue weighted by atomic mass is 35.5. The number of hydrogen-bond donors (Lipinski definition) is 2. The van der Waals surface area contributed by atoms with Gasteiger partial charge in [-0.05, 0) is 36.4 Å². The van der Waals surface area contributed by atoms with Crippen LogP contribution in [0.5, 0.6) is 0 Å². The second kappa shape index (κ2) is 8.60. The van der Waals surface area contributed by atoms with Gasteiger partial charge in [0.2, 0.25) is 0 Å². The standard InChI is InChI=1S/C22H20ClFN6O2/c23-15-4-1-3-14(21(15)24)16-7-8-19-25-13-17(30(19)28-16)22(31)27-18-5-2-6-20(26-18)29-9-11-32-12-10-29/h1-8,13,18,26H,9-12H2,(H,27,31). The number of halogens is 2. The summed E-state index contributed by atoms with van der Waals surface area (Å²) in [5.74, 6) is 0.00119. The monoisotopic (exact) mass is 454 g/mol. The number of ether oxygens (including phenoxy) is 1. The highest BCUT2D eigenvalue weighted by Gasteiger charge is 2.21. The van der Waals surface area contributed by atoms with Crippen LogP contribution >= 0.6 is 11.6 Å². The van der Waals surface area contributed by atoms with Gasteiger partial charge in [-0.2, -0.15) is 5.10 Å². The van der Waals surface area contributed by atoms with Crippen molar-refractivity contribution in [1.82, 2.24) is 30.1 Å². The van der Waals surface area contributed by atoms with Crippen molar-refractivity contribution in [1.29, 1.82) is 0 Å². The first-order chi connectivity index (χ1) is 15.6. The molecule has 1 aromatic carbocycles. The van der Waals surface area contributed by atoms with Gasteiger partial charge in [-0.15, -0.1) is 0 Å². The van der Waals surface area contributed by atoms with Gasteiger partial charge in [-0.3, -0.25) is 4.79 Å². The van der Waals surface area contributed by atoms with Crippen molar-refractivity contribution >= 4 is 23.2 Å². The Balaban J connectivity index is 1.36. The number of carbonyl (C=O) groups excluding carboxylic acids is 1. The molecule has 8 nitrogen and oxygen atoms in total. The number of imidazole rings is 1. The molecule has 0 aliphatic carbocycles. The van der Waals surface area contributed by atoms with Crippen molar-refractivity contribution in [2.75, 3.05) is 26.3 Å². The Bertz CT molecular complexity index is 1230. The predicted molar refractivity (Wildman–Crippen MR) is 117 cm³/mol. The van der Waals surface area contributed by atoms with Crippen LogP contribution in [0.1, 0.15) is 10.5 Å². The van der Waals surface area contributed by atoms with E-state index in [0.29, 0.717) is 24.6 Å². The summed E-state index contributed by atoms with van der Waals surface area (Å²) in [5, 5.41) is 10.7. The summed E-state index contributed by atoms with van der Waals surface area (Å²) in [5.41, 5.74) is 1.30. The lowest BCUT2D eigenvalue weighted by Crippen LogP contribution is -2.50. The molecule has 0 spiro atoms. The number of dihydropyridines is 1. The van der Waals surface area contributed by atoms with E-state index < -0.39 is 12.0 Å². The molecule has 0 bridgehead atoms. The van der Waals surface area contributed by atoms with E-state index in [-0.39, 0.29) is 22.2 Å². The summed E-state index contributed by atoms with van der Waals surface area (Å²) in [6.45, 7) is 2.91. The first-order valence-electron chi connectivity index (χ1n) is 10.2. The summed E-state index contributed by atoms with van der Waals surface area (Å²) in [6.07, 6.45) is 6.77. The number of amides is 1. The number of carbonyl (C=O) groups is 1. The van der Waals surface area contributed by atoms with Crippen LogP contribution in [0.4, 0.5) is 4.39 Å². The van der Waals surface area contributed by atoms with Crippen LogP contribution in [0.2, 0.25) is 5.02 Å². The van der Waals surface area contributed by atoms with Gasteiger partial charge < -0.3 is 20.3 Å². The molecule has 5 rings (SSSR count). The number of hydrogen-bond acceptors (Lipinski definition) is 6. The summed E-state index contributed by atoms with van der Waals surface area (Å²) in [4.78, 5) is 19.4. The summed E-state index contributed by atoms with van der Waals surface area (Å²) in [7, 11) is 0. The van der Waals surface area contributed by atoms with E-state index in [9.17, 15) is 9.18 Å². The summed E-state index contributed by atoms with van der Waals surface area (Å²) < 4.78 is 21.3. The van der Waals surface area contributed by atoms with Gasteiger partial charge in [-0.25, -0.2) is 13.9 Å². The molecule has 0 saturated carbocycles. The normalized spacial score (nSPS) is 18.4. The van der Waals surface area contributed by atoms with Crippen LogP contribution in [-0.2, 0) is 4.74 Å². The van der Waals surface area contributed by atoms with Crippen molar-refractivity contribution in [2.45, 2.75) is 6.17 Å². The number of benzene rings is 1. The quantitative estimate of drug-likeness (QED) is 0.630. The average molecular weight is 455 g/mol. The minimum Gasteiger partial charge on any atom is -0.378 e. The number of aromatic nitrogens is 3. The Hall–Kier alpha value is -3.43. The fourth-order valence-electron chi connectivity index (χ4n) is 3.69. The molecule has 2 aliphatic heterocycles. The van der Waals surface area contributed by atoms with E-state index in [1.165, 1.54) is 16.8 Å². The third kappa shape index (κ3) is 3.92. The van der Waals surface area contributed by atoms with Gasteiger partial charge in [0.15, 0.2) is 17.2 Å². The van der Waals surface area contributed by atoms with Crippen molar-refractivity contribution in [3.63, 3.8) is 0 Å². The van der Waals surface area contributed by atoms with E-state index in [4.69, 9.17) is 16.3 Å². The van der Waals surface area contributed by atoms with E-state index in [0.717, 1.165) is 18.9 Å². The fraction of sp³-hybridized carbons (Fsp3) is 0.227. The molecule has 1 fully saturated rings. The number of nitrogens with zero attached hydrogens (tertiary/aromatic N) is 4. The Morgan fingerprint density at radius 3 is 2.94 bits per heavy atom. The van der Waals surface area contributed by atoms with E-state index in [2.05, 4.69) is 25.6 Å². The van der Waals surface area contributed by atoms with E-state index in [1.807, 2.05) is 18.2 Å². The Morgan fingerprint density at radius 1 is 1.25 bits per heavy atom. The maximum absolute atomic E-state index is 14.5. The molecule has 32 heavy (non-hydrogen) atoms. The Kier molecular flexibility index (Phi) is 5.50. The fourth-order valence-corrected chi connectivity index (χ4v) is 3.86. The molecule has 3 aromatic rings. The van der Waals surface area contributed by atoms with Crippen molar-refractivity contribution in [2.24, 2.45) is 0 Å². The van der Waals surface area contributed by atoms with Crippen LogP contribution in [0.15, 0.2) is 60.6 Å². The second-order valence-corrected chi connectivity index (χ2v) is 7.77. The van der Waals surface area contributed by atoms with E-state index >= 15 is 0 Å². The molecule has 164 valence electrons. The van der Waals surface area contributed by atoms with Gasteiger partial charge >= 0.3 is 0 Å². The molecule has 10 heteroatoms. The van der Waals surface area contributed by atoms with Crippen LogP contribution in [-0.4, -0.2) is 57.9 Å². The third-order valence-corrected chi connectivity index (χ3v) is 5.61. The lowest BCUT2D eigenvalue weighted by molar-refractivity contribution is 0.0492. The lowest BCUT2D eigenvalue weighted by Gasteiger charge is -2.34. The van der Waals surface area contributed by atoms with Gasteiger partial charge in [0.25, 0.3) is 5.91 Å². The van der Waals surface area contributed by atoms with Crippen molar-refractivity contribution in [3.05, 3.63) is 77.1 Å². The molecule has 0 radical (unpaired) electrons. The topological polar surface area (TPSA) is 83.8 Å². The van der Waals surface area contributed by atoms with E-state index in [1.54, 1.807) is 24.3 Å². The smallest absolute Gasteiger partial charge is 0.273 e. The molecule has 1 atom stereocenters. The highest BCUT2D eigenvalue weighted by Crippen LogP contribution is 2.26. The van der Waals surface area contributed by atoms with Crippen molar-refractivity contribution in [3.8, 4) is 11.3 Å². The number of morpholine rings is 1. The zero-order chi connectivity index (χ0) is 22.1. The maximum Gasteiger partial charge on any atom is 0.273 e. The van der Waals surface area contributed by atoms with Crippen LogP contribution < -0.4 is 10.6 Å². The molecule has 1 unspecified atom stereocenters. The van der Waals surface area contributed by atoms with Crippen LogP contribution in [0.25, 0.3) is 16.9 Å². The number of allylic oxidation sites excluding steroid dienone is 2. The molecule has 2 N–H and O–H groups in total. The first kappa shape index (κ1) is 20.5. The number of rotatable bonds is 4. The molecular weight excluding hydrogens is 435 g/mol. The van der Waals surface area contributed by atoms with Crippen LogP contribution in [0.3, 0.4) is 0 Å². The molecule has 4 heterocycles. The summed E-state index contributed by atoms with van der Waals surface area (Å²) >= 11 is 5.90. The molecule has 2 aromatic heterocycles. The zero-order valence-electron chi connectivity index (χ0n) is 17.0. The zero-order valence-corrected chi connectivity index (χ0v) is 17.7. The van der Waals surface area contributed by atoms with Gasteiger partial charge in [0, 0.05) is 18.7 Å². The molecular formula is C22H20ClFN6O2. The van der Waals surface area contributed by atoms with Gasteiger partial charge in [-0.1, -0.05) is 23.7 Å². The second-order valence-electron chi connectivity index (χ2n) is 7.37. The maximum atomic E-state index is 14.5. The largest absolute Gasteiger partial charge is 0.378 e. The van der Waals surface area contributed by atoms with Crippen LogP contribution in [0, 0.1) is 5.82 Å². The molecule has 1 saturated heterocycles. The van der Waals surface area contributed by atoms with Crippen molar-refractivity contribution < 1.29 is 13.9 Å². The average Bonchev–Trinajstić information content (AvgIpc) is 3.25. The minimum atomic E-state index is -0.564. The van der Waals surface area contributed by atoms with Gasteiger partial charge in [0.1, 0.15) is 12.0 Å². The Morgan fingerprint density at radius 2 is 2.09 bits per heavy atom. The highest BCUT2D eigenvalue weighted by molar-refractivity contribution is 6.31. The predicted octanol–water partition coefficient (Wildman–Crippen LogP) is 2.58. The lowest BCUT2D eigenvalue weighted by atomic mass is 10.1. The molecule has 2 aliphatic rings. The number of nitrogens with one attached hydrogen (secondary N) is 2.